The van der Waals surface area contributed by atoms with E-state index in [-0.39, 0.29) is 17.9 Å². The second-order valence-electron chi connectivity index (χ2n) is 5.69. The van der Waals surface area contributed by atoms with E-state index >= 15 is 0 Å². The molecule has 0 aliphatic heterocycles. The van der Waals surface area contributed by atoms with Gasteiger partial charge in [-0.2, -0.15) is 8.78 Å². The van der Waals surface area contributed by atoms with Crippen molar-refractivity contribution in [3.8, 4) is 5.75 Å². The summed E-state index contributed by atoms with van der Waals surface area (Å²) in [6.45, 7) is -1.01. The van der Waals surface area contributed by atoms with Gasteiger partial charge in [-0.15, -0.1) is 0 Å². The number of aliphatic hydroxyl groups excluding tert-OH is 1. The number of aryl methyl sites for hydroxylation is 1. The second kappa shape index (κ2) is 6.98. The molecule has 0 unspecified atom stereocenters. The Morgan fingerprint density at radius 2 is 1.92 bits per heavy atom. The summed E-state index contributed by atoms with van der Waals surface area (Å²) in [6, 6.07) is 11.0. The van der Waals surface area contributed by atoms with Crippen LogP contribution in [0.3, 0.4) is 0 Å². The van der Waals surface area contributed by atoms with Crippen LogP contribution in [0.2, 0.25) is 0 Å². The SMILES string of the molecule is Cc1ccc2ncn(C[C@@H](O)c3ccc(OC(F)F)cc3)c(=O)c2c1. The van der Waals surface area contributed by atoms with Gasteiger partial charge >= 0.3 is 6.61 Å². The van der Waals surface area contributed by atoms with E-state index in [2.05, 4.69) is 9.72 Å². The molecule has 1 atom stereocenters. The van der Waals surface area contributed by atoms with Crippen LogP contribution in [0.4, 0.5) is 8.78 Å². The lowest BCUT2D eigenvalue weighted by atomic mass is 10.1. The number of alkyl halides is 2. The average Bonchev–Trinajstić information content (AvgIpc) is 2.58. The maximum Gasteiger partial charge on any atom is 0.387 e. The molecule has 0 aliphatic carbocycles. The highest BCUT2D eigenvalue weighted by atomic mass is 19.3. The minimum atomic E-state index is -2.90. The van der Waals surface area contributed by atoms with E-state index in [4.69, 9.17) is 0 Å². The zero-order chi connectivity index (χ0) is 18.0. The predicted octanol–water partition coefficient (Wildman–Crippen LogP) is 3.04. The smallest absolute Gasteiger partial charge is 0.387 e. The number of nitrogens with zero attached hydrogens (tertiary/aromatic N) is 2. The normalized spacial score (nSPS) is 12.5. The van der Waals surface area contributed by atoms with Crippen LogP contribution in [0.15, 0.2) is 53.6 Å². The topological polar surface area (TPSA) is 64.3 Å². The summed E-state index contributed by atoms with van der Waals surface area (Å²) in [5.74, 6) is 0.00552. The highest BCUT2D eigenvalue weighted by Crippen LogP contribution is 2.20. The van der Waals surface area contributed by atoms with Gasteiger partial charge in [0, 0.05) is 0 Å². The van der Waals surface area contributed by atoms with Crippen molar-refractivity contribution in [3.63, 3.8) is 0 Å². The Hall–Kier alpha value is -2.80. The van der Waals surface area contributed by atoms with Crippen LogP contribution in [-0.4, -0.2) is 21.3 Å². The first-order valence-electron chi connectivity index (χ1n) is 7.62. The maximum absolute atomic E-state index is 12.5. The van der Waals surface area contributed by atoms with Gasteiger partial charge in [-0.25, -0.2) is 4.98 Å². The molecule has 0 radical (unpaired) electrons. The third kappa shape index (κ3) is 3.83. The van der Waals surface area contributed by atoms with Gasteiger partial charge in [0.2, 0.25) is 0 Å². The van der Waals surface area contributed by atoms with E-state index < -0.39 is 12.7 Å². The molecule has 3 aromatic rings. The zero-order valence-electron chi connectivity index (χ0n) is 13.4. The number of aliphatic hydroxyl groups is 1. The number of aromatic nitrogens is 2. The molecule has 3 rings (SSSR count). The predicted molar refractivity (Wildman–Crippen MR) is 88.8 cm³/mol. The molecule has 5 nitrogen and oxygen atoms in total. The molecular formula is C18H16F2N2O3. The van der Waals surface area contributed by atoms with Crippen LogP contribution in [-0.2, 0) is 6.54 Å². The number of fused-ring (bicyclic) bond motifs is 1. The number of halogens is 2. The molecule has 0 saturated carbocycles. The van der Waals surface area contributed by atoms with Crippen molar-refractivity contribution in [2.45, 2.75) is 26.2 Å². The van der Waals surface area contributed by atoms with E-state index in [1.165, 1.54) is 35.2 Å². The van der Waals surface area contributed by atoms with Crippen molar-refractivity contribution >= 4 is 10.9 Å². The van der Waals surface area contributed by atoms with E-state index in [0.29, 0.717) is 16.5 Å². The Labute approximate surface area is 142 Å². The third-order valence-electron chi connectivity index (χ3n) is 3.84. The van der Waals surface area contributed by atoms with Crippen LogP contribution < -0.4 is 10.3 Å². The van der Waals surface area contributed by atoms with Crippen molar-refractivity contribution < 1.29 is 18.6 Å². The van der Waals surface area contributed by atoms with Gasteiger partial charge in [0.05, 0.1) is 29.9 Å². The molecule has 0 bridgehead atoms. The van der Waals surface area contributed by atoms with Crippen molar-refractivity contribution in [1.29, 1.82) is 0 Å². The van der Waals surface area contributed by atoms with Crippen LogP contribution in [0.1, 0.15) is 17.2 Å². The molecule has 0 spiro atoms. The first kappa shape index (κ1) is 17.0. The second-order valence-corrected chi connectivity index (χ2v) is 5.69. The number of hydrogen-bond donors (Lipinski definition) is 1. The van der Waals surface area contributed by atoms with Crippen LogP contribution >= 0.6 is 0 Å². The molecule has 1 heterocycles. The summed E-state index contributed by atoms with van der Waals surface area (Å²) in [4.78, 5) is 16.8. The van der Waals surface area contributed by atoms with Gasteiger partial charge in [0.1, 0.15) is 5.75 Å². The molecule has 0 amide bonds. The highest BCUT2D eigenvalue weighted by molar-refractivity contribution is 5.77. The van der Waals surface area contributed by atoms with E-state index in [1.54, 1.807) is 12.1 Å². The first-order chi connectivity index (χ1) is 11.9. The summed E-state index contributed by atoms with van der Waals surface area (Å²) in [6.07, 6.45) is 0.402. The van der Waals surface area contributed by atoms with Crippen LogP contribution in [0.5, 0.6) is 5.75 Å². The zero-order valence-corrected chi connectivity index (χ0v) is 13.4. The monoisotopic (exact) mass is 346 g/mol. The summed E-state index contributed by atoms with van der Waals surface area (Å²) in [5.41, 5.74) is 1.78. The fourth-order valence-electron chi connectivity index (χ4n) is 2.57. The Bertz CT molecular complexity index is 939. The standard InChI is InChI=1S/C18H16F2N2O3/c1-11-2-7-15-14(8-11)17(24)22(10-21-15)9-16(23)12-3-5-13(6-4-12)25-18(19)20/h2-8,10,16,18,23H,9H2,1H3/t16-/m1/s1. The summed E-state index contributed by atoms with van der Waals surface area (Å²) in [5, 5.41) is 10.8. The fourth-order valence-corrected chi connectivity index (χ4v) is 2.57. The van der Waals surface area contributed by atoms with Crippen LogP contribution in [0.25, 0.3) is 10.9 Å². The van der Waals surface area contributed by atoms with Crippen molar-refractivity contribution in [2.75, 3.05) is 0 Å². The largest absolute Gasteiger partial charge is 0.435 e. The molecule has 7 heteroatoms. The quantitative estimate of drug-likeness (QED) is 0.771. The molecule has 0 aliphatic rings. The first-order valence-corrected chi connectivity index (χ1v) is 7.62. The van der Waals surface area contributed by atoms with E-state index in [1.807, 2.05) is 13.0 Å². The minimum Gasteiger partial charge on any atom is -0.435 e. The Morgan fingerprint density at radius 3 is 2.60 bits per heavy atom. The molecule has 0 fully saturated rings. The lowest BCUT2D eigenvalue weighted by molar-refractivity contribution is -0.0498. The molecule has 2 aromatic carbocycles. The molecule has 1 N–H and O–H groups in total. The molecule has 25 heavy (non-hydrogen) atoms. The average molecular weight is 346 g/mol. The number of hydrogen-bond acceptors (Lipinski definition) is 4. The minimum absolute atomic E-state index is 0.00473. The highest BCUT2D eigenvalue weighted by Gasteiger charge is 2.12. The van der Waals surface area contributed by atoms with Gasteiger partial charge in [-0.3, -0.25) is 9.36 Å². The van der Waals surface area contributed by atoms with Gasteiger partial charge in [0.25, 0.3) is 5.56 Å². The molecule has 130 valence electrons. The maximum atomic E-state index is 12.5. The number of rotatable bonds is 5. The van der Waals surface area contributed by atoms with Gasteiger partial charge in [-0.1, -0.05) is 23.8 Å². The fraction of sp³-hybridized carbons (Fsp3) is 0.222. The van der Waals surface area contributed by atoms with Crippen LogP contribution in [0, 0.1) is 6.92 Å². The summed E-state index contributed by atoms with van der Waals surface area (Å²) < 4.78 is 29.9. The number of ether oxygens (including phenoxy) is 1. The third-order valence-corrected chi connectivity index (χ3v) is 3.84. The molecule has 1 aromatic heterocycles. The Balaban J connectivity index is 1.83. The van der Waals surface area contributed by atoms with Crippen molar-refractivity contribution in [2.24, 2.45) is 0 Å². The van der Waals surface area contributed by atoms with E-state index in [9.17, 15) is 18.7 Å². The van der Waals surface area contributed by atoms with Gasteiger partial charge in [0.15, 0.2) is 0 Å². The number of benzene rings is 2. The van der Waals surface area contributed by atoms with E-state index in [0.717, 1.165) is 5.56 Å². The summed E-state index contributed by atoms with van der Waals surface area (Å²) in [7, 11) is 0. The van der Waals surface area contributed by atoms with Gasteiger partial charge < -0.3 is 9.84 Å². The van der Waals surface area contributed by atoms with Gasteiger partial charge in [-0.05, 0) is 36.8 Å². The van der Waals surface area contributed by atoms with Crippen molar-refractivity contribution in [3.05, 3.63) is 70.3 Å². The lowest BCUT2D eigenvalue weighted by Gasteiger charge is -2.14. The van der Waals surface area contributed by atoms with Crippen molar-refractivity contribution in [1.82, 2.24) is 9.55 Å². The lowest BCUT2D eigenvalue weighted by Crippen LogP contribution is -2.23. The molecule has 0 saturated heterocycles. The Morgan fingerprint density at radius 1 is 1.20 bits per heavy atom. The Kier molecular flexibility index (Phi) is 4.76. The molecular weight excluding hydrogens is 330 g/mol. The summed E-state index contributed by atoms with van der Waals surface area (Å²) >= 11 is 0.